The lowest BCUT2D eigenvalue weighted by molar-refractivity contribution is 0.0999. The fraction of sp³-hybridized carbons (Fsp3) is 0.200. The van der Waals surface area contributed by atoms with Crippen LogP contribution in [-0.4, -0.2) is 10.9 Å². The van der Waals surface area contributed by atoms with Gasteiger partial charge in [0.05, 0.1) is 0 Å². The van der Waals surface area contributed by atoms with Gasteiger partial charge in [0.15, 0.2) is 0 Å². The zero-order chi connectivity index (χ0) is 14.4. The molecule has 1 aromatic heterocycles. The maximum atomic E-state index is 12.0. The Labute approximate surface area is 115 Å². The topological polar surface area (TPSA) is 76.0 Å². The molecule has 0 aliphatic rings. The van der Waals surface area contributed by atoms with E-state index in [0.29, 0.717) is 5.56 Å². The number of hydrogen-bond donors (Lipinski definition) is 2. The van der Waals surface area contributed by atoms with Crippen LogP contribution in [0.5, 0.6) is 0 Å². The molecule has 1 aromatic carbocycles. The van der Waals surface area contributed by atoms with Crippen molar-refractivity contribution in [3.8, 4) is 11.1 Å². The number of aromatic amines is 1. The van der Waals surface area contributed by atoms with Gasteiger partial charge in [-0.2, -0.15) is 0 Å². The molecule has 4 heteroatoms. The SMILES string of the molecule is CC.Cc1ccc(-c2c[nH]cc(C(N)=O)c2=O)cc1.[HH].[HH]. The van der Waals surface area contributed by atoms with Gasteiger partial charge in [-0.05, 0) is 12.5 Å². The van der Waals surface area contributed by atoms with Crippen molar-refractivity contribution in [3.63, 3.8) is 0 Å². The minimum atomic E-state index is -0.722. The van der Waals surface area contributed by atoms with E-state index in [1.807, 2.05) is 45.0 Å². The van der Waals surface area contributed by atoms with Crippen molar-refractivity contribution < 1.29 is 7.65 Å². The zero-order valence-corrected chi connectivity index (χ0v) is 11.4. The minimum absolute atomic E-state index is 0. The Morgan fingerprint density at radius 3 is 2.26 bits per heavy atom. The summed E-state index contributed by atoms with van der Waals surface area (Å²) in [6, 6.07) is 7.49. The van der Waals surface area contributed by atoms with Gasteiger partial charge in [0.2, 0.25) is 5.43 Å². The highest BCUT2D eigenvalue weighted by atomic mass is 16.2. The zero-order valence-electron chi connectivity index (χ0n) is 11.4. The molecule has 4 nitrogen and oxygen atoms in total. The second-order valence-corrected chi connectivity index (χ2v) is 3.84. The van der Waals surface area contributed by atoms with E-state index >= 15 is 0 Å². The van der Waals surface area contributed by atoms with Crippen LogP contribution in [0.15, 0.2) is 41.5 Å². The third-order valence-electron chi connectivity index (χ3n) is 2.57. The van der Waals surface area contributed by atoms with E-state index in [1.54, 1.807) is 6.20 Å². The fourth-order valence-corrected chi connectivity index (χ4v) is 1.62. The molecule has 2 aromatic rings. The molecule has 0 spiro atoms. The number of H-pyrrole nitrogens is 1. The van der Waals surface area contributed by atoms with Gasteiger partial charge in [0.1, 0.15) is 5.56 Å². The van der Waals surface area contributed by atoms with Crippen LogP contribution in [0.1, 0.15) is 32.6 Å². The summed E-state index contributed by atoms with van der Waals surface area (Å²) in [5.74, 6) is -0.722. The lowest BCUT2D eigenvalue weighted by Gasteiger charge is -2.03. The number of benzene rings is 1. The second kappa shape index (κ2) is 6.54. The average Bonchev–Trinajstić information content (AvgIpc) is 2.42. The predicted octanol–water partition coefficient (Wildman–Crippen LogP) is 2.97. The highest BCUT2D eigenvalue weighted by Crippen LogP contribution is 2.15. The maximum Gasteiger partial charge on any atom is 0.254 e. The number of carbonyl (C=O) groups excluding carboxylic acids is 1. The van der Waals surface area contributed by atoms with Gasteiger partial charge in [-0.25, -0.2) is 0 Å². The molecule has 0 saturated carbocycles. The van der Waals surface area contributed by atoms with Gasteiger partial charge < -0.3 is 10.7 Å². The van der Waals surface area contributed by atoms with Gasteiger partial charge in [-0.1, -0.05) is 43.7 Å². The van der Waals surface area contributed by atoms with E-state index in [9.17, 15) is 9.59 Å². The van der Waals surface area contributed by atoms with E-state index in [0.717, 1.165) is 11.1 Å². The summed E-state index contributed by atoms with van der Waals surface area (Å²) in [5.41, 5.74) is 7.07. The van der Waals surface area contributed by atoms with Crippen molar-refractivity contribution in [1.29, 1.82) is 0 Å². The van der Waals surface area contributed by atoms with Crippen LogP contribution in [0.25, 0.3) is 11.1 Å². The van der Waals surface area contributed by atoms with Gasteiger partial charge in [-0.15, -0.1) is 0 Å². The van der Waals surface area contributed by atoms with E-state index in [2.05, 4.69) is 4.98 Å². The molecular weight excluding hydrogens is 240 g/mol. The number of aromatic nitrogens is 1. The Morgan fingerprint density at radius 2 is 1.74 bits per heavy atom. The highest BCUT2D eigenvalue weighted by molar-refractivity contribution is 5.93. The molecule has 0 aliphatic carbocycles. The number of hydrogen-bond acceptors (Lipinski definition) is 2. The summed E-state index contributed by atoms with van der Waals surface area (Å²) in [6.45, 7) is 5.97. The molecule has 0 bridgehead atoms. The number of rotatable bonds is 2. The molecular formula is C15H22N2O2. The Kier molecular flexibility index (Phi) is 5.06. The third-order valence-corrected chi connectivity index (χ3v) is 2.57. The van der Waals surface area contributed by atoms with Crippen LogP contribution in [0.2, 0.25) is 0 Å². The summed E-state index contributed by atoms with van der Waals surface area (Å²) in [6.07, 6.45) is 2.89. The first-order valence-corrected chi connectivity index (χ1v) is 6.17. The largest absolute Gasteiger partial charge is 0.366 e. The van der Waals surface area contributed by atoms with Crippen molar-refractivity contribution in [2.75, 3.05) is 0 Å². The number of aryl methyl sites for hydroxylation is 1. The molecule has 1 heterocycles. The van der Waals surface area contributed by atoms with Crippen LogP contribution in [0.3, 0.4) is 0 Å². The Bertz CT molecular complexity index is 622. The molecule has 0 unspecified atom stereocenters. The lowest BCUT2D eigenvalue weighted by atomic mass is 10.0. The normalized spacial score (nSPS) is 9.42. The van der Waals surface area contributed by atoms with Crippen molar-refractivity contribution in [2.45, 2.75) is 20.8 Å². The van der Waals surface area contributed by atoms with Crippen LogP contribution in [-0.2, 0) is 0 Å². The van der Waals surface area contributed by atoms with Crippen LogP contribution in [0.4, 0.5) is 0 Å². The van der Waals surface area contributed by atoms with Gasteiger partial charge in [0, 0.05) is 20.8 Å². The first kappa shape index (κ1) is 14.7. The van der Waals surface area contributed by atoms with Crippen molar-refractivity contribution in [3.05, 3.63) is 58.0 Å². The molecule has 0 atom stereocenters. The van der Waals surface area contributed by atoms with Crippen LogP contribution < -0.4 is 11.2 Å². The van der Waals surface area contributed by atoms with Crippen LogP contribution >= 0.6 is 0 Å². The summed E-state index contributed by atoms with van der Waals surface area (Å²) in [4.78, 5) is 25.8. The Balaban J connectivity index is 0. The highest BCUT2D eigenvalue weighted by Gasteiger charge is 2.10. The van der Waals surface area contributed by atoms with Gasteiger partial charge >= 0.3 is 0 Å². The number of nitrogens with one attached hydrogen (secondary N) is 1. The Morgan fingerprint density at radius 1 is 1.16 bits per heavy atom. The summed E-state index contributed by atoms with van der Waals surface area (Å²) in [5, 5.41) is 0. The number of nitrogens with two attached hydrogens (primary N) is 1. The monoisotopic (exact) mass is 262 g/mol. The minimum Gasteiger partial charge on any atom is -0.366 e. The standard InChI is InChI=1S/C13H12N2O2.C2H6.2H2/c1-8-2-4-9(5-3-8)10-6-15-7-11(12(10)16)13(14)17;1-2;;/h2-7H,1H3,(H2,14,17)(H,15,16);1-2H3;2*1H. The van der Waals surface area contributed by atoms with Crippen molar-refractivity contribution in [1.82, 2.24) is 4.98 Å². The number of carbonyl (C=O) groups is 1. The molecule has 0 radical (unpaired) electrons. The quantitative estimate of drug-likeness (QED) is 0.873. The van der Waals surface area contributed by atoms with E-state index < -0.39 is 5.91 Å². The molecule has 0 aliphatic heterocycles. The first-order chi connectivity index (χ1) is 9.09. The summed E-state index contributed by atoms with van der Waals surface area (Å²) in [7, 11) is 0. The smallest absolute Gasteiger partial charge is 0.254 e. The third kappa shape index (κ3) is 3.31. The predicted molar refractivity (Wildman–Crippen MR) is 81.3 cm³/mol. The van der Waals surface area contributed by atoms with E-state index in [4.69, 9.17) is 5.73 Å². The lowest BCUT2D eigenvalue weighted by Crippen LogP contribution is -2.22. The van der Waals surface area contributed by atoms with Gasteiger partial charge in [-0.3, -0.25) is 9.59 Å². The Hall–Kier alpha value is -2.36. The van der Waals surface area contributed by atoms with E-state index in [1.165, 1.54) is 6.20 Å². The van der Waals surface area contributed by atoms with Gasteiger partial charge in [0.25, 0.3) is 5.91 Å². The van der Waals surface area contributed by atoms with Crippen molar-refractivity contribution in [2.24, 2.45) is 5.73 Å². The maximum absolute atomic E-state index is 12.0. The number of primary amides is 1. The average molecular weight is 262 g/mol. The number of pyridine rings is 1. The molecule has 0 fully saturated rings. The molecule has 19 heavy (non-hydrogen) atoms. The summed E-state index contributed by atoms with van der Waals surface area (Å²) < 4.78 is 0. The van der Waals surface area contributed by atoms with E-state index in [-0.39, 0.29) is 13.8 Å². The summed E-state index contributed by atoms with van der Waals surface area (Å²) >= 11 is 0. The molecule has 3 N–H and O–H groups in total. The first-order valence-electron chi connectivity index (χ1n) is 6.17. The molecule has 1 amide bonds. The molecule has 0 saturated heterocycles. The number of amides is 1. The van der Waals surface area contributed by atoms with Crippen LogP contribution in [0, 0.1) is 6.92 Å². The fourth-order valence-electron chi connectivity index (χ4n) is 1.62. The molecule has 104 valence electrons. The van der Waals surface area contributed by atoms with Crippen molar-refractivity contribution >= 4 is 5.91 Å². The molecule has 2 rings (SSSR count). The second-order valence-electron chi connectivity index (χ2n) is 3.84.